The van der Waals surface area contributed by atoms with Crippen molar-refractivity contribution in [3.63, 3.8) is 0 Å². The van der Waals surface area contributed by atoms with Crippen LogP contribution in [0.3, 0.4) is 0 Å². The maximum atomic E-state index is 13.1. The second-order valence-corrected chi connectivity index (χ2v) is 8.98. The maximum Gasteiger partial charge on any atom is 0.417 e. The van der Waals surface area contributed by atoms with E-state index in [2.05, 4.69) is 6.07 Å². The normalized spacial score (nSPS) is 16.5. The summed E-state index contributed by atoms with van der Waals surface area (Å²) in [5.74, 6) is 0. The molecule has 3 rings (SSSR count). The van der Waals surface area contributed by atoms with Crippen molar-refractivity contribution < 1.29 is 21.6 Å². The predicted molar refractivity (Wildman–Crippen MR) is 102 cm³/mol. The Morgan fingerprint density at radius 3 is 2.38 bits per heavy atom. The van der Waals surface area contributed by atoms with Gasteiger partial charge in [-0.2, -0.15) is 22.7 Å². The van der Waals surface area contributed by atoms with Gasteiger partial charge < -0.3 is 0 Å². The third kappa shape index (κ3) is 4.90. The molecule has 1 fully saturated rings. The molecule has 1 aliphatic heterocycles. The Morgan fingerprint density at radius 1 is 1.07 bits per heavy atom. The predicted octanol–water partition coefficient (Wildman–Crippen LogP) is 3.74. The van der Waals surface area contributed by atoms with Crippen LogP contribution in [0, 0.1) is 11.3 Å². The summed E-state index contributed by atoms with van der Waals surface area (Å²) in [5.41, 5.74) is 0.316. The Labute approximate surface area is 172 Å². The molecule has 0 bridgehead atoms. The average molecular weight is 444 g/mol. The summed E-state index contributed by atoms with van der Waals surface area (Å²) in [5, 5.41) is 8.43. The van der Waals surface area contributed by atoms with E-state index >= 15 is 0 Å². The zero-order chi connectivity index (χ0) is 21.2. The monoisotopic (exact) mass is 443 g/mol. The van der Waals surface area contributed by atoms with E-state index in [1.807, 2.05) is 11.0 Å². The lowest BCUT2D eigenvalue weighted by atomic mass is 10.1. The van der Waals surface area contributed by atoms with Crippen molar-refractivity contribution in [1.82, 2.24) is 9.21 Å². The molecular weight excluding hydrogens is 427 g/mol. The fourth-order valence-electron chi connectivity index (χ4n) is 3.16. The van der Waals surface area contributed by atoms with Crippen LogP contribution in [0.5, 0.6) is 0 Å². The first kappa shape index (κ1) is 21.6. The lowest BCUT2D eigenvalue weighted by Gasteiger charge is -2.34. The topological polar surface area (TPSA) is 64.4 Å². The summed E-state index contributed by atoms with van der Waals surface area (Å²) >= 11 is 5.58. The summed E-state index contributed by atoms with van der Waals surface area (Å²) in [4.78, 5) is 1.61. The minimum Gasteiger partial charge on any atom is -0.296 e. The molecule has 154 valence electrons. The van der Waals surface area contributed by atoms with Crippen LogP contribution in [-0.2, 0) is 22.7 Å². The Kier molecular flexibility index (Phi) is 6.19. The third-order valence-corrected chi connectivity index (χ3v) is 6.90. The van der Waals surface area contributed by atoms with Crippen molar-refractivity contribution in [2.24, 2.45) is 0 Å². The molecule has 0 spiro atoms. The van der Waals surface area contributed by atoms with Crippen molar-refractivity contribution >= 4 is 21.6 Å². The van der Waals surface area contributed by atoms with Crippen molar-refractivity contribution in [3.05, 3.63) is 64.2 Å². The molecule has 0 aromatic heterocycles. The molecule has 0 atom stereocenters. The number of halogens is 4. The molecule has 2 aromatic rings. The number of sulfonamides is 1. The van der Waals surface area contributed by atoms with Gasteiger partial charge in [0.25, 0.3) is 0 Å². The van der Waals surface area contributed by atoms with E-state index in [9.17, 15) is 21.6 Å². The second-order valence-electron chi connectivity index (χ2n) is 6.63. The highest BCUT2D eigenvalue weighted by molar-refractivity contribution is 7.89. The van der Waals surface area contributed by atoms with Gasteiger partial charge in [0, 0.05) is 32.7 Å². The summed E-state index contributed by atoms with van der Waals surface area (Å²) in [6, 6.07) is 11.8. The number of benzene rings is 2. The highest BCUT2D eigenvalue weighted by Gasteiger charge is 2.36. The second kappa shape index (κ2) is 8.32. The minimum atomic E-state index is -4.74. The minimum absolute atomic E-state index is 0.157. The SMILES string of the molecule is N#Cc1cccc(CN2CCN(S(=O)(=O)c3ccc(Cl)c(C(F)(F)F)c3)CC2)c1. The summed E-state index contributed by atoms with van der Waals surface area (Å²) in [6.07, 6.45) is -4.74. The van der Waals surface area contributed by atoms with Crippen LogP contribution in [0.4, 0.5) is 13.2 Å². The number of nitrogens with zero attached hydrogens (tertiary/aromatic N) is 3. The number of alkyl halides is 3. The van der Waals surface area contributed by atoms with Gasteiger partial charge in [-0.3, -0.25) is 4.90 Å². The first-order valence-electron chi connectivity index (χ1n) is 8.69. The Bertz CT molecular complexity index is 1040. The van der Waals surface area contributed by atoms with Gasteiger partial charge in [-0.15, -0.1) is 0 Å². The lowest BCUT2D eigenvalue weighted by Crippen LogP contribution is -2.48. The fraction of sp³-hybridized carbons (Fsp3) is 0.316. The number of nitriles is 1. The van der Waals surface area contributed by atoms with E-state index in [4.69, 9.17) is 16.9 Å². The van der Waals surface area contributed by atoms with E-state index in [-0.39, 0.29) is 13.1 Å². The van der Waals surface area contributed by atoms with E-state index in [1.54, 1.807) is 18.2 Å². The van der Waals surface area contributed by atoms with Crippen LogP contribution >= 0.6 is 11.6 Å². The molecule has 0 radical (unpaired) electrons. The van der Waals surface area contributed by atoms with E-state index in [0.717, 1.165) is 17.7 Å². The smallest absolute Gasteiger partial charge is 0.296 e. The van der Waals surface area contributed by atoms with Gasteiger partial charge in [0.15, 0.2) is 0 Å². The van der Waals surface area contributed by atoms with E-state index in [0.29, 0.717) is 31.3 Å². The molecule has 1 heterocycles. The first-order chi connectivity index (χ1) is 13.6. The Morgan fingerprint density at radius 2 is 1.76 bits per heavy atom. The summed E-state index contributed by atoms with van der Waals surface area (Å²) < 4.78 is 65.9. The molecule has 1 saturated heterocycles. The Hall–Kier alpha value is -2.12. The summed E-state index contributed by atoms with van der Waals surface area (Å²) in [7, 11) is -4.06. The molecule has 0 saturated carbocycles. The lowest BCUT2D eigenvalue weighted by molar-refractivity contribution is -0.137. The van der Waals surface area contributed by atoms with Crippen molar-refractivity contribution in [3.8, 4) is 6.07 Å². The highest BCUT2D eigenvalue weighted by Crippen LogP contribution is 2.36. The van der Waals surface area contributed by atoms with Gasteiger partial charge in [-0.25, -0.2) is 8.42 Å². The van der Waals surface area contributed by atoms with Gasteiger partial charge in [0.2, 0.25) is 10.0 Å². The molecule has 2 aromatic carbocycles. The molecule has 5 nitrogen and oxygen atoms in total. The first-order valence-corrected chi connectivity index (χ1v) is 10.5. The molecule has 0 amide bonds. The molecular formula is C19H17ClF3N3O2S. The standard InChI is InChI=1S/C19H17ClF3N3O2S/c20-18-5-4-16(11-17(18)19(21,22)23)29(27,28)26-8-6-25(7-9-26)13-15-3-1-2-14(10-15)12-24/h1-5,10-11H,6-9,13H2. The van der Waals surface area contributed by atoms with Crippen LogP contribution in [-0.4, -0.2) is 43.8 Å². The molecule has 29 heavy (non-hydrogen) atoms. The van der Waals surface area contributed by atoms with Gasteiger partial charge >= 0.3 is 6.18 Å². The Balaban J connectivity index is 1.71. The number of piperazine rings is 1. The number of hydrogen-bond donors (Lipinski definition) is 0. The van der Waals surface area contributed by atoms with E-state index < -0.39 is 31.7 Å². The largest absolute Gasteiger partial charge is 0.417 e. The molecule has 0 aliphatic carbocycles. The molecule has 0 N–H and O–H groups in total. The van der Waals surface area contributed by atoms with Gasteiger partial charge in [-0.05, 0) is 35.9 Å². The molecule has 1 aliphatic rings. The van der Waals surface area contributed by atoms with Crippen LogP contribution in [0.25, 0.3) is 0 Å². The molecule has 10 heteroatoms. The zero-order valence-corrected chi connectivity index (χ0v) is 16.7. The van der Waals surface area contributed by atoms with Crippen molar-refractivity contribution in [1.29, 1.82) is 5.26 Å². The number of hydrogen-bond acceptors (Lipinski definition) is 4. The molecule has 0 unspecified atom stereocenters. The third-order valence-electron chi connectivity index (χ3n) is 4.67. The fourth-order valence-corrected chi connectivity index (χ4v) is 4.83. The number of rotatable bonds is 4. The van der Waals surface area contributed by atoms with Gasteiger partial charge in [-0.1, -0.05) is 23.7 Å². The van der Waals surface area contributed by atoms with Crippen LogP contribution in [0.2, 0.25) is 5.02 Å². The average Bonchev–Trinajstić information content (AvgIpc) is 2.68. The van der Waals surface area contributed by atoms with E-state index in [1.165, 1.54) is 4.31 Å². The van der Waals surface area contributed by atoms with Crippen LogP contribution in [0.15, 0.2) is 47.4 Å². The van der Waals surface area contributed by atoms with Crippen molar-refractivity contribution in [2.75, 3.05) is 26.2 Å². The maximum absolute atomic E-state index is 13.1. The van der Waals surface area contributed by atoms with Crippen molar-refractivity contribution in [2.45, 2.75) is 17.6 Å². The zero-order valence-electron chi connectivity index (χ0n) is 15.2. The van der Waals surface area contributed by atoms with Gasteiger partial charge in [0.1, 0.15) is 0 Å². The quantitative estimate of drug-likeness (QED) is 0.722. The van der Waals surface area contributed by atoms with Gasteiger partial charge in [0.05, 0.1) is 27.1 Å². The highest BCUT2D eigenvalue weighted by atomic mass is 35.5. The summed E-state index contributed by atoms with van der Waals surface area (Å²) in [6.45, 7) is 1.72. The van der Waals surface area contributed by atoms with Crippen LogP contribution < -0.4 is 0 Å². The van der Waals surface area contributed by atoms with Crippen LogP contribution in [0.1, 0.15) is 16.7 Å².